The number of nitrogens with two attached hydrogens (primary N) is 1. The van der Waals surface area contributed by atoms with Crippen LogP contribution in [0, 0.1) is 13.8 Å². The number of piperidine rings is 1. The van der Waals surface area contributed by atoms with Crippen LogP contribution < -0.4 is 16.0 Å². The molecule has 0 radical (unpaired) electrons. The highest BCUT2D eigenvalue weighted by molar-refractivity contribution is 5.57. The number of aromatic nitrogens is 2. The van der Waals surface area contributed by atoms with Crippen LogP contribution in [0.3, 0.4) is 0 Å². The lowest BCUT2D eigenvalue weighted by Crippen LogP contribution is -2.43. The fourth-order valence-electron chi connectivity index (χ4n) is 3.35. The van der Waals surface area contributed by atoms with E-state index in [0.717, 1.165) is 62.4 Å². The van der Waals surface area contributed by atoms with Crippen LogP contribution in [0.4, 0.5) is 17.5 Å². The van der Waals surface area contributed by atoms with Gasteiger partial charge in [0.1, 0.15) is 5.82 Å². The number of benzene rings is 1. The van der Waals surface area contributed by atoms with Crippen molar-refractivity contribution in [2.45, 2.75) is 58.9 Å². The Hall–Kier alpha value is -2.14. The van der Waals surface area contributed by atoms with Gasteiger partial charge in [-0.1, -0.05) is 19.4 Å². The first-order valence-electron chi connectivity index (χ1n) is 9.78. The molecule has 3 N–H and O–H groups in total. The Bertz CT molecular complexity index is 743. The summed E-state index contributed by atoms with van der Waals surface area (Å²) in [6.45, 7) is 8.34. The van der Waals surface area contributed by atoms with Gasteiger partial charge in [0.15, 0.2) is 0 Å². The quantitative estimate of drug-likeness (QED) is 0.818. The van der Waals surface area contributed by atoms with Crippen molar-refractivity contribution < 1.29 is 0 Å². The average Bonchev–Trinajstić information content (AvgIpc) is 2.63. The first kappa shape index (κ1) is 18.6. The fourth-order valence-corrected chi connectivity index (χ4v) is 3.35. The van der Waals surface area contributed by atoms with Gasteiger partial charge < -0.3 is 16.0 Å². The molecule has 2 aromatic rings. The van der Waals surface area contributed by atoms with E-state index in [1.54, 1.807) is 0 Å². The Morgan fingerprint density at radius 3 is 2.77 bits per heavy atom. The molecule has 0 bridgehead atoms. The molecular weight excluding hydrogens is 322 g/mol. The van der Waals surface area contributed by atoms with Crippen LogP contribution in [0.5, 0.6) is 0 Å². The Morgan fingerprint density at radius 2 is 2.04 bits per heavy atom. The summed E-state index contributed by atoms with van der Waals surface area (Å²) in [6, 6.07) is 8.73. The number of nitrogens with zero attached hydrogens (tertiary/aromatic N) is 3. The van der Waals surface area contributed by atoms with Crippen molar-refractivity contribution in [3.05, 3.63) is 41.1 Å². The topological polar surface area (TPSA) is 67.1 Å². The van der Waals surface area contributed by atoms with Crippen LogP contribution in [0.1, 0.15) is 49.4 Å². The summed E-state index contributed by atoms with van der Waals surface area (Å²) >= 11 is 0. The molecule has 1 atom stereocenters. The van der Waals surface area contributed by atoms with E-state index in [1.165, 1.54) is 11.1 Å². The van der Waals surface area contributed by atoms with Crippen molar-refractivity contribution in [2.75, 3.05) is 23.3 Å². The SMILES string of the molecule is CCCCc1cc(N2CCC[C@@H](N)C2)nc(Nc2ccc(C)c(C)c2)n1. The highest BCUT2D eigenvalue weighted by Gasteiger charge is 2.19. The summed E-state index contributed by atoms with van der Waals surface area (Å²) in [6.07, 6.45) is 5.49. The maximum atomic E-state index is 6.17. The minimum absolute atomic E-state index is 0.231. The van der Waals surface area contributed by atoms with Crippen molar-refractivity contribution in [3.8, 4) is 0 Å². The Morgan fingerprint density at radius 1 is 1.19 bits per heavy atom. The van der Waals surface area contributed by atoms with Gasteiger partial charge in [-0.25, -0.2) is 4.98 Å². The lowest BCUT2D eigenvalue weighted by atomic mass is 10.1. The van der Waals surface area contributed by atoms with E-state index in [0.29, 0.717) is 5.95 Å². The fraction of sp³-hybridized carbons (Fsp3) is 0.524. The molecule has 5 nitrogen and oxygen atoms in total. The molecule has 1 aliphatic heterocycles. The summed E-state index contributed by atoms with van der Waals surface area (Å²) < 4.78 is 0. The van der Waals surface area contributed by atoms with Crippen LogP contribution in [-0.2, 0) is 6.42 Å². The van der Waals surface area contributed by atoms with Gasteiger partial charge in [0.05, 0.1) is 0 Å². The molecule has 0 aliphatic carbocycles. The molecule has 1 fully saturated rings. The van der Waals surface area contributed by atoms with E-state index >= 15 is 0 Å². The number of anilines is 3. The van der Waals surface area contributed by atoms with E-state index in [9.17, 15) is 0 Å². The third-order valence-electron chi connectivity index (χ3n) is 5.10. The van der Waals surface area contributed by atoms with Crippen molar-refractivity contribution in [3.63, 3.8) is 0 Å². The maximum Gasteiger partial charge on any atom is 0.229 e. The molecule has 0 spiro atoms. The van der Waals surface area contributed by atoms with Gasteiger partial charge in [0.2, 0.25) is 5.95 Å². The third kappa shape index (κ3) is 4.73. The third-order valence-corrected chi connectivity index (χ3v) is 5.10. The predicted octanol–water partition coefficient (Wildman–Crippen LogP) is 4.11. The van der Waals surface area contributed by atoms with Gasteiger partial charge in [-0.3, -0.25) is 0 Å². The normalized spacial score (nSPS) is 17.4. The highest BCUT2D eigenvalue weighted by Crippen LogP contribution is 2.23. The van der Waals surface area contributed by atoms with Gasteiger partial charge >= 0.3 is 0 Å². The molecule has 1 aromatic heterocycles. The molecule has 140 valence electrons. The van der Waals surface area contributed by atoms with E-state index < -0.39 is 0 Å². The molecule has 3 rings (SSSR count). The largest absolute Gasteiger partial charge is 0.355 e. The zero-order valence-electron chi connectivity index (χ0n) is 16.3. The van der Waals surface area contributed by atoms with Crippen LogP contribution in [0.25, 0.3) is 0 Å². The molecule has 2 heterocycles. The first-order chi connectivity index (χ1) is 12.5. The standard InChI is InChI=1S/C21H31N5/c1-4-5-8-18-13-20(26-11-6-7-17(22)14-26)25-21(23-18)24-19-10-9-15(2)16(3)12-19/h9-10,12-13,17H,4-8,11,14,22H2,1-3H3,(H,23,24,25)/t17-/m1/s1. The minimum Gasteiger partial charge on any atom is -0.355 e. The van der Waals surface area contributed by atoms with Gasteiger partial charge in [-0.2, -0.15) is 4.98 Å². The second kappa shape index (κ2) is 8.49. The summed E-state index contributed by atoms with van der Waals surface area (Å²) in [4.78, 5) is 11.8. The molecule has 1 aliphatic rings. The molecule has 26 heavy (non-hydrogen) atoms. The van der Waals surface area contributed by atoms with Crippen LogP contribution in [0.2, 0.25) is 0 Å². The second-order valence-corrected chi connectivity index (χ2v) is 7.42. The lowest BCUT2D eigenvalue weighted by Gasteiger charge is -2.32. The number of unbranched alkanes of at least 4 members (excludes halogenated alkanes) is 1. The molecule has 0 saturated carbocycles. The summed E-state index contributed by atoms with van der Waals surface area (Å²) in [5.74, 6) is 1.67. The number of nitrogens with one attached hydrogen (secondary N) is 1. The highest BCUT2D eigenvalue weighted by atomic mass is 15.2. The van der Waals surface area contributed by atoms with Crippen molar-refractivity contribution >= 4 is 17.5 Å². The van der Waals surface area contributed by atoms with E-state index in [-0.39, 0.29) is 6.04 Å². The summed E-state index contributed by atoms with van der Waals surface area (Å²) in [5, 5.41) is 3.40. The smallest absolute Gasteiger partial charge is 0.229 e. The monoisotopic (exact) mass is 353 g/mol. The number of hydrogen-bond acceptors (Lipinski definition) is 5. The number of hydrogen-bond donors (Lipinski definition) is 2. The van der Waals surface area contributed by atoms with E-state index in [1.807, 2.05) is 0 Å². The van der Waals surface area contributed by atoms with Crippen LogP contribution in [-0.4, -0.2) is 29.1 Å². The first-order valence-corrected chi connectivity index (χ1v) is 9.78. The molecule has 5 heteroatoms. The van der Waals surface area contributed by atoms with Crippen LogP contribution in [0.15, 0.2) is 24.3 Å². The summed E-state index contributed by atoms with van der Waals surface area (Å²) in [5.41, 5.74) is 10.9. The van der Waals surface area contributed by atoms with Gasteiger partial charge in [-0.05, 0) is 62.8 Å². The minimum atomic E-state index is 0.231. The Kier molecular flexibility index (Phi) is 6.09. The molecule has 1 aromatic carbocycles. The average molecular weight is 354 g/mol. The molecule has 0 amide bonds. The lowest BCUT2D eigenvalue weighted by molar-refractivity contribution is 0.503. The summed E-state index contributed by atoms with van der Waals surface area (Å²) in [7, 11) is 0. The Balaban J connectivity index is 1.87. The van der Waals surface area contributed by atoms with Gasteiger partial charge in [-0.15, -0.1) is 0 Å². The zero-order valence-corrected chi connectivity index (χ0v) is 16.3. The second-order valence-electron chi connectivity index (χ2n) is 7.42. The Labute approximate surface area is 157 Å². The van der Waals surface area contributed by atoms with Gasteiger partial charge in [0.25, 0.3) is 0 Å². The van der Waals surface area contributed by atoms with Crippen molar-refractivity contribution in [2.24, 2.45) is 5.73 Å². The van der Waals surface area contributed by atoms with E-state index in [4.69, 9.17) is 15.7 Å². The predicted molar refractivity (Wildman–Crippen MR) is 109 cm³/mol. The molecular formula is C21H31N5. The zero-order chi connectivity index (χ0) is 18.5. The number of aryl methyl sites for hydroxylation is 3. The maximum absolute atomic E-state index is 6.17. The van der Waals surface area contributed by atoms with E-state index in [2.05, 4.69) is 55.3 Å². The molecule has 0 unspecified atom stereocenters. The number of rotatable bonds is 6. The van der Waals surface area contributed by atoms with Crippen molar-refractivity contribution in [1.29, 1.82) is 0 Å². The van der Waals surface area contributed by atoms with Crippen molar-refractivity contribution in [1.82, 2.24) is 9.97 Å². The molecule has 1 saturated heterocycles. The van der Waals surface area contributed by atoms with Gasteiger partial charge in [0, 0.05) is 36.6 Å². The van der Waals surface area contributed by atoms with Crippen LogP contribution >= 0.6 is 0 Å².